The lowest BCUT2D eigenvalue weighted by molar-refractivity contribution is 0.543. The van der Waals surface area contributed by atoms with Gasteiger partial charge in [-0.15, -0.1) is 11.3 Å². The number of nitrogens with zero attached hydrogens (tertiary/aromatic N) is 1. The van der Waals surface area contributed by atoms with E-state index in [-0.39, 0.29) is 6.04 Å². The van der Waals surface area contributed by atoms with Crippen molar-refractivity contribution in [2.45, 2.75) is 32.7 Å². The molecule has 0 spiro atoms. The second kappa shape index (κ2) is 6.09. The summed E-state index contributed by atoms with van der Waals surface area (Å²) in [7, 11) is 0. The fourth-order valence-corrected chi connectivity index (χ4v) is 2.79. The van der Waals surface area contributed by atoms with Crippen LogP contribution in [-0.4, -0.2) is 4.98 Å². The van der Waals surface area contributed by atoms with E-state index >= 15 is 0 Å². The Morgan fingerprint density at radius 3 is 2.78 bits per heavy atom. The number of aryl methyl sites for hydroxylation is 2. The Kier molecular flexibility index (Phi) is 4.47. The summed E-state index contributed by atoms with van der Waals surface area (Å²) in [5.74, 6) is 5.71. The highest BCUT2D eigenvalue weighted by molar-refractivity contribution is 7.09. The molecule has 0 saturated heterocycles. The van der Waals surface area contributed by atoms with Crippen LogP contribution in [-0.2, 0) is 12.8 Å². The maximum absolute atomic E-state index is 5.71. The molecule has 1 aromatic heterocycles. The first-order chi connectivity index (χ1) is 8.74. The van der Waals surface area contributed by atoms with E-state index in [9.17, 15) is 0 Å². The molecule has 18 heavy (non-hydrogen) atoms. The van der Waals surface area contributed by atoms with Gasteiger partial charge in [0.2, 0.25) is 0 Å². The summed E-state index contributed by atoms with van der Waals surface area (Å²) in [6.07, 6.45) is 1.85. The predicted octanol–water partition coefficient (Wildman–Crippen LogP) is 2.76. The number of nitrogens with one attached hydrogen (secondary N) is 1. The van der Waals surface area contributed by atoms with Gasteiger partial charge in [-0.05, 0) is 24.5 Å². The molecule has 4 heteroatoms. The normalized spacial score (nSPS) is 12.6. The first-order valence-electron chi connectivity index (χ1n) is 6.19. The fraction of sp³-hybridized carbons (Fsp3) is 0.357. The standard InChI is InChI=1S/C14H19N3S/c1-3-11-6-4-5-7-13(11)14(17-15)8-12-9-18-10(2)16-12/h4-7,9,14,17H,3,8,15H2,1-2H3. The molecule has 1 heterocycles. The molecule has 3 nitrogen and oxygen atoms in total. The highest BCUT2D eigenvalue weighted by Gasteiger charge is 2.14. The van der Waals surface area contributed by atoms with E-state index in [0.29, 0.717) is 0 Å². The van der Waals surface area contributed by atoms with Crippen molar-refractivity contribution in [2.75, 3.05) is 0 Å². The van der Waals surface area contributed by atoms with Crippen molar-refractivity contribution in [3.05, 3.63) is 51.5 Å². The lowest BCUT2D eigenvalue weighted by atomic mass is 9.96. The van der Waals surface area contributed by atoms with E-state index in [1.807, 2.05) is 6.92 Å². The lowest BCUT2D eigenvalue weighted by Gasteiger charge is -2.18. The maximum Gasteiger partial charge on any atom is 0.0897 e. The lowest BCUT2D eigenvalue weighted by Crippen LogP contribution is -2.30. The van der Waals surface area contributed by atoms with Crippen LogP contribution >= 0.6 is 11.3 Å². The third-order valence-corrected chi connectivity index (χ3v) is 3.91. The first kappa shape index (κ1) is 13.2. The number of aromatic nitrogens is 1. The summed E-state index contributed by atoms with van der Waals surface area (Å²) >= 11 is 1.68. The number of hydrogen-bond donors (Lipinski definition) is 2. The van der Waals surface area contributed by atoms with Crippen LogP contribution in [0.15, 0.2) is 29.6 Å². The smallest absolute Gasteiger partial charge is 0.0897 e. The predicted molar refractivity (Wildman–Crippen MR) is 76.4 cm³/mol. The molecule has 0 aliphatic carbocycles. The molecule has 1 aromatic carbocycles. The van der Waals surface area contributed by atoms with E-state index in [0.717, 1.165) is 23.5 Å². The second-order valence-corrected chi connectivity index (χ2v) is 5.40. The van der Waals surface area contributed by atoms with Gasteiger partial charge in [-0.1, -0.05) is 31.2 Å². The van der Waals surface area contributed by atoms with E-state index < -0.39 is 0 Å². The minimum atomic E-state index is 0.127. The largest absolute Gasteiger partial charge is 0.271 e. The number of thiazole rings is 1. The topological polar surface area (TPSA) is 50.9 Å². The van der Waals surface area contributed by atoms with Crippen molar-refractivity contribution in [1.82, 2.24) is 10.4 Å². The zero-order chi connectivity index (χ0) is 13.0. The Bertz CT molecular complexity index is 507. The number of hydrogen-bond acceptors (Lipinski definition) is 4. The van der Waals surface area contributed by atoms with Crippen molar-refractivity contribution in [1.29, 1.82) is 0 Å². The van der Waals surface area contributed by atoms with E-state index in [1.54, 1.807) is 11.3 Å². The molecule has 0 aliphatic rings. The molecule has 0 aliphatic heterocycles. The molecule has 1 atom stereocenters. The molecular formula is C14H19N3S. The second-order valence-electron chi connectivity index (χ2n) is 4.33. The van der Waals surface area contributed by atoms with Crippen LogP contribution in [0.25, 0.3) is 0 Å². The van der Waals surface area contributed by atoms with Gasteiger partial charge in [-0.3, -0.25) is 11.3 Å². The van der Waals surface area contributed by atoms with Crippen molar-refractivity contribution >= 4 is 11.3 Å². The molecule has 0 radical (unpaired) electrons. The van der Waals surface area contributed by atoms with Crippen molar-refractivity contribution < 1.29 is 0 Å². The summed E-state index contributed by atoms with van der Waals surface area (Å²) in [6, 6.07) is 8.56. The minimum absolute atomic E-state index is 0.127. The number of benzene rings is 1. The number of nitrogens with two attached hydrogens (primary N) is 1. The van der Waals surface area contributed by atoms with Gasteiger partial charge in [0.15, 0.2) is 0 Å². The monoisotopic (exact) mass is 261 g/mol. The molecule has 3 N–H and O–H groups in total. The van der Waals surface area contributed by atoms with Gasteiger partial charge in [0.05, 0.1) is 16.7 Å². The quantitative estimate of drug-likeness (QED) is 0.643. The molecule has 2 rings (SSSR count). The molecular weight excluding hydrogens is 242 g/mol. The van der Waals surface area contributed by atoms with Crippen LogP contribution in [0.1, 0.15) is 34.8 Å². The minimum Gasteiger partial charge on any atom is -0.271 e. The van der Waals surface area contributed by atoms with Crippen LogP contribution in [0, 0.1) is 6.92 Å². The first-order valence-corrected chi connectivity index (χ1v) is 7.07. The van der Waals surface area contributed by atoms with Gasteiger partial charge < -0.3 is 0 Å². The molecule has 2 aromatic rings. The van der Waals surface area contributed by atoms with Crippen LogP contribution < -0.4 is 11.3 Å². The third kappa shape index (κ3) is 2.96. The van der Waals surface area contributed by atoms with E-state index in [1.165, 1.54) is 11.1 Å². The van der Waals surface area contributed by atoms with Gasteiger partial charge in [0.25, 0.3) is 0 Å². The van der Waals surface area contributed by atoms with Crippen molar-refractivity contribution in [3.63, 3.8) is 0 Å². The summed E-state index contributed by atoms with van der Waals surface area (Å²) in [5, 5.41) is 3.21. The van der Waals surface area contributed by atoms with Gasteiger partial charge in [-0.2, -0.15) is 0 Å². The summed E-state index contributed by atoms with van der Waals surface area (Å²) < 4.78 is 0. The van der Waals surface area contributed by atoms with Gasteiger partial charge in [0.1, 0.15) is 0 Å². The summed E-state index contributed by atoms with van der Waals surface area (Å²) in [4.78, 5) is 4.50. The average Bonchev–Trinajstić information content (AvgIpc) is 2.81. The average molecular weight is 261 g/mol. The van der Waals surface area contributed by atoms with E-state index in [4.69, 9.17) is 5.84 Å². The molecule has 0 amide bonds. The van der Waals surface area contributed by atoms with Crippen molar-refractivity contribution in [3.8, 4) is 0 Å². The molecule has 0 bridgehead atoms. The molecule has 0 saturated carbocycles. The van der Waals surface area contributed by atoms with Crippen LogP contribution in [0.4, 0.5) is 0 Å². The Balaban J connectivity index is 2.22. The van der Waals surface area contributed by atoms with Crippen LogP contribution in [0.5, 0.6) is 0 Å². The van der Waals surface area contributed by atoms with Gasteiger partial charge >= 0.3 is 0 Å². The number of rotatable bonds is 5. The Labute approximate surface area is 112 Å². The molecule has 1 unspecified atom stereocenters. The van der Waals surface area contributed by atoms with Gasteiger partial charge in [0, 0.05) is 11.8 Å². The zero-order valence-electron chi connectivity index (χ0n) is 10.8. The number of hydrazine groups is 1. The Morgan fingerprint density at radius 2 is 2.17 bits per heavy atom. The maximum atomic E-state index is 5.71. The summed E-state index contributed by atoms with van der Waals surface area (Å²) in [6.45, 7) is 4.19. The summed E-state index contributed by atoms with van der Waals surface area (Å²) in [5.41, 5.74) is 6.63. The molecule has 0 fully saturated rings. The zero-order valence-corrected chi connectivity index (χ0v) is 11.6. The third-order valence-electron chi connectivity index (χ3n) is 3.09. The fourth-order valence-electron chi connectivity index (χ4n) is 2.17. The highest BCUT2D eigenvalue weighted by Crippen LogP contribution is 2.22. The molecule has 96 valence electrons. The highest BCUT2D eigenvalue weighted by atomic mass is 32.1. The van der Waals surface area contributed by atoms with Crippen LogP contribution in [0.2, 0.25) is 0 Å². The Morgan fingerprint density at radius 1 is 1.39 bits per heavy atom. The van der Waals surface area contributed by atoms with Crippen LogP contribution in [0.3, 0.4) is 0 Å². The SMILES string of the molecule is CCc1ccccc1C(Cc1csc(C)n1)NN. The Hall–Kier alpha value is -1.23. The van der Waals surface area contributed by atoms with Gasteiger partial charge in [-0.25, -0.2) is 4.98 Å². The van der Waals surface area contributed by atoms with E-state index in [2.05, 4.69) is 47.0 Å². The van der Waals surface area contributed by atoms with Crippen molar-refractivity contribution in [2.24, 2.45) is 5.84 Å².